The molecule has 8 nitrogen and oxygen atoms in total. The molecular weight excluding hydrogens is 382 g/mol. The topological polar surface area (TPSA) is 129 Å². The van der Waals surface area contributed by atoms with Gasteiger partial charge in [0.25, 0.3) is 5.91 Å². The van der Waals surface area contributed by atoms with E-state index in [1.54, 1.807) is 6.07 Å². The van der Waals surface area contributed by atoms with Crippen LogP contribution < -0.4 is 11.1 Å². The van der Waals surface area contributed by atoms with E-state index in [0.29, 0.717) is 30.0 Å². The second-order valence-electron chi connectivity index (χ2n) is 8.02. The number of piperidine rings is 1. The number of nitrogens with zero attached hydrogens (tertiary/aromatic N) is 3. The molecule has 2 fully saturated rings. The molecule has 1 aliphatic carbocycles. The molecule has 3 amide bonds. The molecule has 1 aromatic heterocycles. The minimum absolute atomic E-state index is 0.193. The third-order valence-electron chi connectivity index (χ3n) is 6.02. The van der Waals surface area contributed by atoms with Gasteiger partial charge >= 0.3 is 0 Å². The molecule has 150 valence electrons. The molecule has 2 aromatic rings. The first-order chi connectivity index (χ1) is 14.5. The molecule has 1 saturated heterocycles. The molecule has 0 radical (unpaired) electrons. The number of hydrogen-bond acceptors (Lipinski definition) is 6. The molecule has 0 spiro atoms. The van der Waals surface area contributed by atoms with Crippen LogP contribution in [0.4, 0.5) is 5.82 Å². The van der Waals surface area contributed by atoms with Gasteiger partial charge in [0.1, 0.15) is 17.9 Å². The van der Waals surface area contributed by atoms with Crippen molar-refractivity contribution in [3.8, 4) is 17.3 Å². The third-order valence-corrected chi connectivity index (χ3v) is 6.02. The number of nitrogen functional groups attached to an aromatic ring is 1. The van der Waals surface area contributed by atoms with Gasteiger partial charge in [-0.1, -0.05) is 6.07 Å². The summed E-state index contributed by atoms with van der Waals surface area (Å²) in [4.78, 5) is 42.6. The van der Waals surface area contributed by atoms with Crippen molar-refractivity contribution in [2.45, 2.75) is 44.2 Å². The summed E-state index contributed by atoms with van der Waals surface area (Å²) in [5, 5.41) is 11.6. The van der Waals surface area contributed by atoms with Gasteiger partial charge in [0.05, 0.1) is 11.3 Å². The quantitative estimate of drug-likeness (QED) is 0.755. The van der Waals surface area contributed by atoms with Crippen LogP contribution in [0.3, 0.4) is 0 Å². The molecule has 3 N–H and O–H groups in total. The predicted molar refractivity (Wildman–Crippen MR) is 107 cm³/mol. The molecule has 3 heterocycles. The van der Waals surface area contributed by atoms with Crippen LogP contribution in [0.1, 0.15) is 58.6 Å². The maximum absolute atomic E-state index is 12.9. The summed E-state index contributed by atoms with van der Waals surface area (Å²) < 4.78 is 0. The Labute approximate surface area is 172 Å². The minimum atomic E-state index is -0.642. The van der Waals surface area contributed by atoms with Crippen LogP contribution in [0.15, 0.2) is 24.3 Å². The lowest BCUT2D eigenvalue weighted by molar-refractivity contribution is -0.136. The minimum Gasteiger partial charge on any atom is -0.383 e. The maximum atomic E-state index is 12.9. The standard InChI is InChI=1S/C22H19N5O3/c23-9-13-8-16(11-1-2-11)19(26-20(13)24)12-3-4-15-14(7-12)10-27(22(15)30)17-5-6-18(28)25-21(17)29/h3-4,7-8,11,17H,1-2,5-6,10H2,(H2,24,26)(H,25,28,29). The Morgan fingerprint density at radius 3 is 2.67 bits per heavy atom. The second-order valence-corrected chi connectivity index (χ2v) is 8.02. The summed E-state index contributed by atoms with van der Waals surface area (Å²) >= 11 is 0. The number of hydrogen-bond donors (Lipinski definition) is 2. The number of nitrogens with two attached hydrogens (primary N) is 1. The van der Waals surface area contributed by atoms with Gasteiger partial charge in [-0.2, -0.15) is 5.26 Å². The van der Waals surface area contributed by atoms with E-state index in [1.165, 1.54) is 4.90 Å². The van der Waals surface area contributed by atoms with Gasteiger partial charge in [0.2, 0.25) is 11.8 Å². The average molecular weight is 401 g/mol. The normalized spacial score (nSPS) is 20.7. The second kappa shape index (κ2) is 6.66. The first-order valence-corrected chi connectivity index (χ1v) is 9.94. The largest absolute Gasteiger partial charge is 0.383 e. The molecular formula is C22H19N5O3. The Kier molecular flexibility index (Phi) is 4.07. The summed E-state index contributed by atoms with van der Waals surface area (Å²) in [6.45, 7) is 0.304. The average Bonchev–Trinajstić information content (AvgIpc) is 3.52. The molecule has 8 heteroatoms. The number of imide groups is 1. The first-order valence-electron chi connectivity index (χ1n) is 9.94. The smallest absolute Gasteiger partial charge is 0.255 e. The van der Waals surface area contributed by atoms with E-state index in [1.807, 2.05) is 18.2 Å². The van der Waals surface area contributed by atoms with Crippen LogP contribution in [-0.2, 0) is 16.1 Å². The molecule has 0 bridgehead atoms. The van der Waals surface area contributed by atoms with Crippen molar-refractivity contribution in [1.29, 1.82) is 5.26 Å². The van der Waals surface area contributed by atoms with Crippen LogP contribution in [0.25, 0.3) is 11.3 Å². The van der Waals surface area contributed by atoms with Gasteiger partial charge in [-0.05, 0) is 54.5 Å². The van der Waals surface area contributed by atoms with E-state index >= 15 is 0 Å². The monoisotopic (exact) mass is 401 g/mol. The summed E-state index contributed by atoms with van der Waals surface area (Å²) in [5.41, 5.74) is 10.3. The van der Waals surface area contributed by atoms with Crippen LogP contribution in [0.2, 0.25) is 0 Å². The number of fused-ring (bicyclic) bond motifs is 1. The lowest BCUT2D eigenvalue weighted by Crippen LogP contribution is -2.52. The maximum Gasteiger partial charge on any atom is 0.255 e. The molecule has 1 unspecified atom stereocenters. The van der Waals surface area contributed by atoms with Crippen molar-refractivity contribution in [2.75, 3.05) is 5.73 Å². The molecule has 5 rings (SSSR count). The van der Waals surface area contributed by atoms with E-state index in [4.69, 9.17) is 5.73 Å². The Balaban J connectivity index is 1.50. The van der Waals surface area contributed by atoms with Crippen LogP contribution in [-0.4, -0.2) is 33.6 Å². The summed E-state index contributed by atoms with van der Waals surface area (Å²) in [6.07, 6.45) is 2.66. The highest BCUT2D eigenvalue weighted by atomic mass is 16.2. The highest BCUT2D eigenvalue weighted by Gasteiger charge is 2.39. The van der Waals surface area contributed by atoms with E-state index in [2.05, 4.69) is 16.4 Å². The zero-order valence-electron chi connectivity index (χ0n) is 16.1. The number of carbonyl (C=O) groups is 3. The fraction of sp³-hybridized carbons (Fsp3) is 0.318. The van der Waals surface area contributed by atoms with E-state index in [0.717, 1.165) is 35.2 Å². The number of pyridine rings is 1. The van der Waals surface area contributed by atoms with Gasteiger partial charge in [0, 0.05) is 24.1 Å². The Morgan fingerprint density at radius 1 is 1.17 bits per heavy atom. The van der Waals surface area contributed by atoms with E-state index in [9.17, 15) is 19.6 Å². The lowest BCUT2D eigenvalue weighted by atomic mass is 9.97. The van der Waals surface area contributed by atoms with E-state index in [-0.39, 0.29) is 24.1 Å². The SMILES string of the molecule is N#Cc1cc(C2CC2)c(-c2ccc3c(c2)CN(C2CCC(=O)NC2=O)C3=O)nc1N. The molecule has 2 aliphatic heterocycles. The molecule has 30 heavy (non-hydrogen) atoms. The van der Waals surface area contributed by atoms with Crippen LogP contribution in [0.5, 0.6) is 0 Å². The lowest BCUT2D eigenvalue weighted by Gasteiger charge is -2.29. The highest BCUT2D eigenvalue weighted by molar-refractivity contribution is 6.05. The van der Waals surface area contributed by atoms with Crippen molar-refractivity contribution in [3.05, 3.63) is 46.5 Å². The van der Waals surface area contributed by atoms with Crippen LogP contribution >= 0.6 is 0 Å². The first kappa shape index (κ1) is 18.3. The Morgan fingerprint density at radius 2 is 1.97 bits per heavy atom. The predicted octanol–water partition coefficient (Wildman–Crippen LogP) is 1.84. The number of nitriles is 1. The van der Waals surface area contributed by atoms with E-state index < -0.39 is 11.9 Å². The molecule has 1 atom stereocenters. The third kappa shape index (κ3) is 2.90. The number of aromatic nitrogens is 1. The Bertz CT molecular complexity index is 1160. The van der Waals surface area contributed by atoms with Gasteiger partial charge in [-0.15, -0.1) is 0 Å². The van der Waals surface area contributed by atoms with Gasteiger partial charge < -0.3 is 10.6 Å². The summed E-state index contributed by atoms with van der Waals surface area (Å²) in [5.74, 6) is -0.376. The highest BCUT2D eigenvalue weighted by Crippen LogP contribution is 2.45. The van der Waals surface area contributed by atoms with Gasteiger partial charge in [-0.3, -0.25) is 19.7 Å². The van der Waals surface area contributed by atoms with Crippen molar-refractivity contribution >= 4 is 23.5 Å². The zero-order chi connectivity index (χ0) is 21.0. The van der Waals surface area contributed by atoms with Crippen molar-refractivity contribution in [2.24, 2.45) is 0 Å². The van der Waals surface area contributed by atoms with Gasteiger partial charge in [0.15, 0.2) is 0 Å². The summed E-state index contributed by atoms with van der Waals surface area (Å²) in [6, 6.07) is 8.78. The number of anilines is 1. The summed E-state index contributed by atoms with van der Waals surface area (Å²) in [7, 11) is 0. The molecule has 1 aromatic carbocycles. The van der Waals surface area contributed by atoms with Crippen LogP contribution in [0, 0.1) is 11.3 Å². The molecule has 3 aliphatic rings. The number of amides is 3. The zero-order valence-corrected chi connectivity index (χ0v) is 16.1. The van der Waals surface area contributed by atoms with Crippen molar-refractivity contribution in [1.82, 2.24) is 15.2 Å². The number of benzene rings is 1. The number of carbonyl (C=O) groups excluding carboxylic acids is 3. The number of nitrogens with one attached hydrogen (secondary N) is 1. The van der Waals surface area contributed by atoms with Crippen molar-refractivity contribution in [3.63, 3.8) is 0 Å². The fourth-order valence-electron chi connectivity index (χ4n) is 4.29. The number of rotatable bonds is 3. The molecule has 1 saturated carbocycles. The fourth-order valence-corrected chi connectivity index (χ4v) is 4.29. The Hall–Kier alpha value is -3.73. The van der Waals surface area contributed by atoms with Crippen molar-refractivity contribution < 1.29 is 14.4 Å². The van der Waals surface area contributed by atoms with Gasteiger partial charge in [-0.25, -0.2) is 4.98 Å².